The molecule has 0 spiro atoms. The Bertz CT molecular complexity index is 311. The van der Waals surface area contributed by atoms with Crippen molar-refractivity contribution in [1.29, 1.82) is 0 Å². The zero-order chi connectivity index (χ0) is 15.3. The van der Waals surface area contributed by atoms with Crippen molar-refractivity contribution < 1.29 is 9.84 Å². The van der Waals surface area contributed by atoms with Gasteiger partial charge in [0, 0.05) is 25.2 Å². The minimum absolute atomic E-state index is 0.0371. The highest BCUT2D eigenvalue weighted by molar-refractivity contribution is 5.00. The third-order valence-corrected chi connectivity index (χ3v) is 5.40. The van der Waals surface area contributed by atoms with Crippen LogP contribution in [0.25, 0.3) is 0 Å². The van der Waals surface area contributed by atoms with Gasteiger partial charge in [0.1, 0.15) is 0 Å². The summed E-state index contributed by atoms with van der Waals surface area (Å²) in [6.45, 7) is 8.06. The normalized spacial score (nSPS) is 34.7. The summed E-state index contributed by atoms with van der Waals surface area (Å²) < 4.78 is 5.51. The van der Waals surface area contributed by atoms with E-state index in [9.17, 15) is 5.11 Å². The van der Waals surface area contributed by atoms with Crippen molar-refractivity contribution in [3.63, 3.8) is 0 Å². The van der Waals surface area contributed by atoms with Crippen LogP contribution in [0.5, 0.6) is 0 Å². The lowest BCUT2D eigenvalue weighted by molar-refractivity contribution is 0.0261. The first-order valence-electron chi connectivity index (χ1n) is 8.73. The van der Waals surface area contributed by atoms with E-state index in [2.05, 4.69) is 24.1 Å². The molecule has 0 aromatic rings. The molecule has 2 aliphatic rings. The van der Waals surface area contributed by atoms with Crippen LogP contribution in [-0.2, 0) is 4.74 Å². The largest absolute Gasteiger partial charge is 0.394 e. The van der Waals surface area contributed by atoms with Crippen LogP contribution in [0.3, 0.4) is 0 Å². The Morgan fingerprint density at radius 1 is 1.33 bits per heavy atom. The molecule has 1 heterocycles. The highest BCUT2D eigenvalue weighted by atomic mass is 16.5. The predicted molar refractivity (Wildman–Crippen MR) is 86.5 cm³/mol. The molecule has 0 radical (unpaired) electrons. The molecule has 4 nitrogen and oxygen atoms in total. The first-order valence-corrected chi connectivity index (χ1v) is 8.73. The summed E-state index contributed by atoms with van der Waals surface area (Å²) in [5.74, 6) is 0.604. The van der Waals surface area contributed by atoms with Crippen molar-refractivity contribution in [3.8, 4) is 0 Å². The summed E-state index contributed by atoms with van der Waals surface area (Å²) in [6.07, 6.45) is 7.67. The summed E-state index contributed by atoms with van der Waals surface area (Å²) >= 11 is 0. The average Bonchev–Trinajstić information content (AvgIpc) is 2.87. The van der Waals surface area contributed by atoms with Gasteiger partial charge >= 0.3 is 0 Å². The minimum atomic E-state index is -0.0371. The Balaban J connectivity index is 1.86. The molecule has 2 N–H and O–H groups in total. The summed E-state index contributed by atoms with van der Waals surface area (Å²) in [7, 11) is 1.83. The van der Waals surface area contributed by atoms with E-state index in [0.29, 0.717) is 18.1 Å². The van der Waals surface area contributed by atoms with Crippen molar-refractivity contribution in [2.24, 2.45) is 5.92 Å². The first kappa shape index (κ1) is 17.2. The minimum Gasteiger partial charge on any atom is -0.394 e. The Labute approximate surface area is 130 Å². The van der Waals surface area contributed by atoms with Gasteiger partial charge in [-0.05, 0) is 51.1 Å². The van der Waals surface area contributed by atoms with Crippen LogP contribution in [0.2, 0.25) is 0 Å². The number of hydrogen-bond acceptors (Lipinski definition) is 4. The highest BCUT2D eigenvalue weighted by Crippen LogP contribution is 2.38. The molecular weight excluding hydrogens is 264 g/mol. The number of hydrogen-bond donors (Lipinski definition) is 2. The maximum Gasteiger partial charge on any atom is 0.0698 e. The third kappa shape index (κ3) is 4.41. The zero-order valence-corrected chi connectivity index (χ0v) is 14.1. The fourth-order valence-electron chi connectivity index (χ4n) is 4.33. The molecule has 0 bridgehead atoms. The molecule has 3 unspecified atom stereocenters. The molecule has 0 aromatic carbocycles. The van der Waals surface area contributed by atoms with Gasteiger partial charge in [0.25, 0.3) is 0 Å². The van der Waals surface area contributed by atoms with E-state index < -0.39 is 0 Å². The lowest BCUT2D eigenvalue weighted by atomic mass is 9.84. The molecule has 2 rings (SSSR count). The standard InChI is InChI=1S/C17H34N2O2/c1-14(2)18-17(13-20)9-4-6-15(17)8-11-19-10-5-7-16(12-19)21-3/h14-16,18,20H,4-13H2,1-3H3. The van der Waals surface area contributed by atoms with E-state index in [4.69, 9.17) is 4.74 Å². The number of aliphatic hydroxyl groups is 1. The number of methoxy groups -OCH3 is 1. The number of nitrogens with one attached hydrogen (secondary N) is 1. The second-order valence-corrected chi connectivity index (χ2v) is 7.29. The first-order chi connectivity index (χ1) is 10.1. The van der Waals surface area contributed by atoms with Gasteiger partial charge in [-0.2, -0.15) is 0 Å². The second-order valence-electron chi connectivity index (χ2n) is 7.29. The third-order valence-electron chi connectivity index (χ3n) is 5.40. The Morgan fingerprint density at radius 2 is 2.14 bits per heavy atom. The van der Waals surface area contributed by atoms with Crippen LogP contribution in [0.1, 0.15) is 52.4 Å². The van der Waals surface area contributed by atoms with Crippen LogP contribution in [0, 0.1) is 5.92 Å². The SMILES string of the molecule is COC1CCCN(CCC2CCCC2(CO)NC(C)C)C1. The highest BCUT2D eigenvalue weighted by Gasteiger charge is 2.42. The maximum absolute atomic E-state index is 9.96. The van der Waals surface area contributed by atoms with Crippen molar-refractivity contribution in [2.45, 2.75) is 70.1 Å². The maximum atomic E-state index is 9.96. The monoisotopic (exact) mass is 298 g/mol. The van der Waals surface area contributed by atoms with Gasteiger partial charge in [-0.25, -0.2) is 0 Å². The van der Waals surface area contributed by atoms with Gasteiger partial charge in [0.2, 0.25) is 0 Å². The summed E-state index contributed by atoms with van der Waals surface area (Å²) in [5.41, 5.74) is -0.0371. The van der Waals surface area contributed by atoms with Crippen LogP contribution < -0.4 is 5.32 Å². The van der Waals surface area contributed by atoms with E-state index in [1.807, 2.05) is 7.11 Å². The molecule has 21 heavy (non-hydrogen) atoms. The average molecular weight is 298 g/mol. The number of likely N-dealkylation sites (tertiary alicyclic amines) is 1. The van der Waals surface area contributed by atoms with Crippen LogP contribution in [0.15, 0.2) is 0 Å². The lowest BCUT2D eigenvalue weighted by Crippen LogP contribution is -2.54. The Kier molecular flexibility index (Phi) is 6.48. The molecule has 1 saturated carbocycles. The van der Waals surface area contributed by atoms with Crippen molar-refractivity contribution in [2.75, 3.05) is 33.4 Å². The molecule has 0 amide bonds. The molecule has 0 aromatic heterocycles. The second kappa shape index (κ2) is 7.91. The molecule has 124 valence electrons. The van der Waals surface area contributed by atoms with E-state index >= 15 is 0 Å². The summed E-state index contributed by atoms with van der Waals surface area (Å²) in [6, 6.07) is 0.436. The quantitative estimate of drug-likeness (QED) is 0.755. The van der Waals surface area contributed by atoms with Crippen LogP contribution >= 0.6 is 0 Å². The Hall–Kier alpha value is -0.160. The topological polar surface area (TPSA) is 44.7 Å². The number of piperidine rings is 1. The fourth-order valence-corrected chi connectivity index (χ4v) is 4.33. The molecule has 4 heteroatoms. The van der Waals surface area contributed by atoms with Gasteiger partial charge in [-0.15, -0.1) is 0 Å². The van der Waals surface area contributed by atoms with Crippen LogP contribution in [0.4, 0.5) is 0 Å². The van der Waals surface area contributed by atoms with Crippen molar-refractivity contribution in [3.05, 3.63) is 0 Å². The number of aliphatic hydroxyl groups excluding tert-OH is 1. The number of ether oxygens (including phenoxy) is 1. The van der Waals surface area contributed by atoms with E-state index in [1.54, 1.807) is 0 Å². The summed E-state index contributed by atoms with van der Waals surface area (Å²) in [5, 5.41) is 13.6. The molecule has 1 aliphatic heterocycles. The zero-order valence-electron chi connectivity index (χ0n) is 14.1. The molecule has 1 aliphatic carbocycles. The fraction of sp³-hybridized carbons (Fsp3) is 1.00. The number of nitrogens with zero attached hydrogens (tertiary/aromatic N) is 1. The van der Waals surface area contributed by atoms with E-state index in [0.717, 1.165) is 19.5 Å². The van der Waals surface area contributed by atoms with Gasteiger partial charge < -0.3 is 20.1 Å². The van der Waals surface area contributed by atoms with Crippen molar-refractivity contribution in [1.82, 2.24) is 10.2 Å². The molecule has 1 saturated heterocycles. The predicted octanol–water partition coefficient (Wildman–Crippen LogP) is 2.02. The Morgan fingerprint density at radius 3 is 2.81 bits per heavy atom. The van der Waals surface area contributed by atoms with Crippen molar-refractivity contribution >= 4 is 0 Å². The summed E-state index contributed by atoms with van der Waals surface area (Å²) in [4.78, 5) is 2.55. The smallest absolute Gasteiger partial charge is 0.0698 e. The molecular formula is C17H34N2O2. The lowest BCUT2D eigenvalue weighted by Gasteiger charge is -2.39. The molecule has 3 atom stereocenters. The van der Waals surface area contributed by atoms with Gasteiger partial charge in [0.05, 0.1) is 12.7 Å². The van der Waals surface area contributed by atoms with E-state index in [1.165, 1.54) is 38.6 Å². The van der Waals surface area contributed by atoms with E-state index in [-0.39, 0.29) is 12.1 Å². The van der Waals surface area contributed by atoms with Gasteiger partial charge in [-0.3, -0.25) is 0 Å². The van der Waals surface area contributed by atoms with Gasteiger partial charge in [0.15, 0.2) is 0 Å². The van der Waals surface area contributed by atoms with Gasteiger partial charge in [-0.1, -0.05) is 20.3 Å². The van der Waals surface area contributed by atoms with Crippen LogP contribution in [-0.4, -0.2) is 61.0 Å². The number of rotatable bonds is 7. The molecule has 2 fully saturated rings.